The molecule has 1 heterocycles. The first-order valence-electron chi connectivity index (χ1n) is 8.07. The van der Waals surface area contributed by atoms with Crippen LogP contribution in [0.5, 0.6) is 5.75 Å². The second-order valence-electron chi connectivity index (χ2n) is 5.80. The summed E-state index contributed by atoms with van der Waals surface area (Å²) in [5.41, 5.74) is 1.26. The van der Waals surface area contributed by atoms with Crippen molar-refractivity contribution in [1.29, 1.82) is 0 Å². The number of nitrogens with one attached hydrogen (secondary N) is 1. The van der Waals surface area contributed by atoms with Crippen LogP contribution in [0, 0.1) is 0 Å². The van der Waals surface area contributed by atoms with Crippen LogP contribution in [0.4, 0.5) is 5.13 Å². The Morgan fingerprint density at radius 2 is 2.04 bits per heavy atom. The van der Waals surface area contributed by atoms with Gasteiger partial charge < -0.3 is 4.74 Å². The normalized spacial score (nSPS) is 12.2. The molecule has 124 valence electrons. The number of thiazole rings is 1. The quantitative estimate of drug-likeness (QED) is 0.752. The smallest absolute Gasteiger partial charge is 0.267 e. The lowest BCUT2D eigenvalue weighted by atomic mass is 10.0. The van der Waals surface area contributed by atoms with Gasteiger partial charge in [0.25, 0.3) is 5.91 Å². The van der Waals surface area contributed by atoms with Crippen LogP contribution in [0.15, 0.2) is 35.8 Å². The molecule has 4 nitrogen and oxygen atoms in total. The van der Waals surface area contributed by atoms with Crippen LogP contribution in [0.2, 0.25) is 0 Å². The molecule has 1 unspecified atom stereocenters. The van der Waals surface area contributed by atoms with Crippen molar-refractivity contribution in [2.75, 3.05) is 5.32 Å². The van der Waals surface area contributed by atoms with Gasteiger partial charge in [-0.2, -0.15) is 0 Å². The van der Waals surface area contributed by atoms with Gasteiger partial charge in [0.15, 0.2) is 11.2 Å². The molecule has 0 aliphatic carbocycles. The molecule has 0 bridgehead atoms. The van der Waals surface area contributed by atoms with Crippen molar-refractivity contribution in [3.05, 3.63) is 41.4 Å². The number of unbranched alkanes of at least 4 members (excludes halogenated alkanes) is 1. The molecule has 1 N–H and O–H groups in total. The molecule has 0 saturated carbocycles. The summed E-state index contributed by atoms with van der Waals surface area (Å²) in [6.07, 6.45) is 3.84. The number of carbonyl (C=O) groups is 1. The van der Waals surface area contributed by atoms with E-state index in [1.807, 2.05) is 17.5 Å². The third-order valence-corrected chi connectivity index (χ3v) is 4.29. The topological polar surface area (TPSA) is 51.2 Å². The zero-order chi connectivity index (χ0) is 16.7. The number of benzene rings is 1. The zero-order valence-electron chi connectivity index (χ0n) is 13.9. The minimum Gasteiger partial charge on any atom is -0.481 e. The molecule has 0 aliphatic heterocycles. The maximum absolute atomic E-state index is 12.4. The van der Waals surface area contributed by atoms with Crippen molar-refractivity contribution in [2.24, 2.45) is 0 Å². The van der Waals surface area contributed by atoms with Gasteiger partial charge in [-0.3, -0.25) is 10.1 Å². The molecule has 0 aliphatic rings. The van der Waals surface area contributed by atoms with E-state index in [0.29, 0.717) is 17.5 Å². The number of anilines is 1. The standard InChI is InChI=1S/C18H24N2O2S/c1-4-5-6-16(17(21)20-18-19-11-12-23-18)22-15-9-7-14(8-10-15)13(2)3/h7-13,16H,4-6H2,1-3H3,(H,19,20,21). The zero-order valence-corrected chi connectivity index (χ0v) is 14.7. The van der Waals surface area contributed by atoms with E-state index in [1.54, 1.807) is 6.20 Å². The summed E-state index contributed by atoms with van der Waals surface area (Å²) < 4.78 is 5.93. The van der Waals surface area contributed by atoms with Crippen molar-refractivity contribution in [1.82, 2.24) is 4.98 Å². The van der Waals surface area contributed by atoms with E-state index >= 15 is 0 Å². The summed E-state index contributed by atoms with van der Waals surface area (Å²) in [6.45, 7) is 6.41. The van der Waals surface area contributed by atoms with E-state index < -0.39 is 6.10 Å². The third-order valence-electron chi connectivity index (χ3n) is 3.60. The maximum atomic E-state index is 12.4. The molecule has 0 fully saturated rings. The Balaban J connectivity index is 2.03. The van der Waals surface area contributed by atoms with E-state index in [0.717, 1.165) is 18.6 Å². The van der Waals surface area contributed by atoms with Crippen molar-refractivity contribution < 1.29 is 9.53 Å². The van der Waals surface area contributed by atoms with Crippen LogP contribution in [0.3, 0.4) is 0 Å². The van der Waals surface area contributed by atoms with Crippen molar-refractivity contribution in [3.63, 3.8) is 0 Å². The summed E-state index contributed by atoms with van der Waals surface area (Å²) in [5, 5.41) is 5.27. The molecule has 1 aromatic heterocycles. The lowest BCUT2D eigenvalue weighted by molar-refractivity contribution is -0.123. The third kappa shape index (κ3) is 5.36. The summed E-state index contributed by atoms with van der Waals surface area (Å²) >= 11 is 1.41. The highest BCUT2D eigenvalue weighted by atomic mass is 32.1. The summed E-state index contributed by atoms with van der Waals surface area (Å²) in [4.78, 5) is 16.5. The van der Waals surface area contributed by atoms with Gasteiger partial charge in [0.2, 0.25) is 0 Å². The fourth-order valence-electron chi connectivity index (χ4n) is 2.20. The Hall–Kier alpha value is -1.88. The molecule has 2 rings (SSSR count). The average Bonchev–Trinajstić information content (AvgIpc) is 3.04. The summed E-state index contributed by atoms with van der Waals surface area (Å²) in [7, 11) is 0. The molecule has 0 saturated heterocycles. The number of amides is 1. The van der Waals surface area contributed by atoms with Gasteiger partial charge in [0.1, 0.15) is 5.75 Å². The minimum atomic E-state index is -0.497. The van der Waals surface area contributed by atoms with Gasteiger partial charge in [-0.15, -0.1) is 11.3 Å². The van der Waals surface area contributed by atoms with E-state index in [9.17, 15) is 4.79 Å². The highest BCUT2D eigenvalue weighted by molar-refractivity contribution is 7.13. The number of carbonyl (C=O) groups excluding carboxylic acids is 1. The van der Waals surface area contributed by atoms with Crippen molar-refractivity contribution in [2.45, 2.75) is 52.1 Å². The van der Waals surface area contributed by atoms with Crippen LogP contribution >= 0.6 is 11.3 Å². The predicted molar refractivity (Wildman–Crippen MR) is 95.2 cm³/mol. The van der Waals surface area contributed by atoms with Crippen LogP contribution < -0.4 is 10.1 Å². The number of aromatic nitrogens is 1. The van der Waals surface area contributed by atoms with Crippen LogP contribution in [0.1, 0.15) is 51.5 Å². The second kappa shape index (κ2) is 8.67. The van der Waals surface area contributed by atoms with E-state index in [4.69, 9.17) is 4.74 Å². The number of nitrogens with zero attached hydrogens (tertiary/aromatic N) is 1. The molecular formula is C18H24N2O2S. The van der Waals surface area contributed by atoms with Gasteiger partial charge in [0, 0.05) is 11.6 Å². The minimum absolute atomic E-state index is 0.138. The number of hydrogen-bond acceptors (Lipinski definition) is 4. The molecule has 1 amide bonds. The highest BCUT2D eigenvalue weighted by Crippen LogP contribution is 2.21. The Kier molecular flexibility index (Phi) is 6.59. The first-order valence-corrected chi connectivity index (χ1v) is 8.95. The monoisotopic (exact) mass is 332 g/mol. The molecule has 2 aromatic rings. The lowest BCUT2D eigenvalue weighted by Crippen LogP contribution is -2.33. The lowest BCUT2D eigenvalue weighted by Gasteiger charge is -2.18. The number of ether oxygens (including phenoxy) is 1. The Morgan fingerprint density at radius 1 is 1.30 bits per heavy atom. The van der Waals surface area contributed by atoms with Crippen molar-refractivity contribution in [3.8, 4) is 5.75 Å². The highest BCUT2D eigenvalue weighted by Gasteiger charge is 2.21. The van der Waals surface area contributed by atoms with E-state index in [-0.39, 0.29) is 5.91 Å². The van der Waals surface area contributed by atoms with Crippen LogP contribution in [-0.2, 0) is 4.79 Å². The van der Waals surface area contributed by atoms with E-state index in [2.05, 4.69) is 43.2 Å². The fourth-order valence-corrected chi connectivity index (χ4v) is 2.73. The Bertz CT molecular complexity index is 594. The molecular weight excluding hydrogens is 308 g/mol. The van der Waals surface area contributed by atoms with Gasteiger partial charge >= 0.3 is 0 Å². The molecule has 1 atom stereocenters. The van der Waals surface area contributed by atoms with Crippen LogP contribution in [0.25, 0.3) is 0 Å². The van der Waals surface area contributed by atoms with Gasteiger partial charge in [-0.05, 0) is 36.5 Å². The average molecular weight is 332 g/mol. The predicted octanol–water partition coefficient (Wildman–Crippen LogP) is 4.84. The van der Waals surface area contributed by atoms with E-state index in [1.165, 1.54) is 16.9 Å². The molecule has 0 radical (unpaired) electrons. The van der Waals surface area contributed by atoms with Gasteiger partial charge in [0.05, 0.1) is 0 Å². The maximum Gasteiger partial charge on any atom is 0.267 e. The first kappa shape index (κ1) is 17.5. The number of rotatable bonds is 8. The summed E-state index contributed by atoms with van der Waals surface area (Å²) in [6, 6.07) is 7.97. The first-order chi connectivity index (χ1) is 11.1. The summed E-state index contributed by atoms with van der Waals surface area (Å²) in [5.74, 6) is 1.07. The van der Waals surface area contributed by atoms with Crippen LogP contribution in [-0.4, -0.2) is 17.0 Å². The molecule has 1 aromatic carbocycles. The Labute approximate surface area is 141 Å². The van der Waals surface area contributed by atoms with Crippen molar-refractivity contribution >= 4 is 22.4 Å². The SMILES string of the molecule is CCCCC(Oc1ccc(C(C)C)cc1)C(=O)Nc1nccs1. The molecule has 23 heavy (non-hydrogen) atoms. The largest absolute Gasteiger partial charge is 0.481 e. The molecule has 5 heteroatoms. The number of hydrogen-bond donors (Lipinski definition) is 1. The second-order valence-corrected chi connectivity index (χ2v) is 6.69. The Morgan fingerprint density at radius 3 is 2.61 bits per heavy atom. The fraction of sp³-hybridized carbons (Fsp3) is 0.444. The molecule has 0 spiro atoms. The van der Waals surface area contributed by atoms with Gasteiger partial charge in [-0.25, -0.2) is 4.98 Å². The van der Waals surface area contributed by atoms with Gasteiger partial charge in [-0.1, -0.05) is 39.3 Å².